The molecular weight excluding hydrogens is 277 g/mol. The maximum absolute atomic E-state index is 9.13. The molecule has 104 valence electrons. The standard InChI is InChI=1S/C12H18ClNO3.ClH/c1-8(15)6-14-7-9-4-10(13)12(17-3)11(5-9)16-2;/h4-5,8,14-15H,6-7H2,1-3H3;1H. The Morgan fingerprint density at radius 2 is 2.00 bits per heavy atom. The number of halogens is 2. The number of aliphatic hydroxyl groups is 1. The van der Waals surface area contributed by atoms with Gasteiger partial charge in [-0.1, -0.05) is 11.6 Å². The van der Waals surface area contributed by atoms with Crippen LogP contribution in [0.2, 0.25) is 5.02 Å². The summed E-state index contributed by atoms with van der Waals surface area (Å²) in [6.45, 7) is 2.88. The molecule has 0 fully saturated rings. The summed E-state index contributed by atoms with van der Waals surface area (Å²) in [7, 11) is 3.12. The lowest BCUT2D eigenvalue weighted by molar-refractivity contribution is 0.191. The van der Waals surface area contributed by atoms with Crippen molar-refractivity contribution in [1.29, 1.82) is 0 Å². The van der Waals surface area contributed by atoms with Crippen molar-refractivity contribution in [2.45, 2.75) is 19.6 Å². The van der Waals surface area contributed by atoms with Crippen LogP contribution in [0.5, 0.6) is 11.5 Å². The van der Waals surface area contributed by atoms with Gasteiger partial charge in [-0.25, -0.2) is 0 Å². The van der Waals surface area contributed by atoms with Crippen LogP contribution in [0.4, 0.5) is 0 Å². The molecule has 0 spiro atoms. The topological polar surface area (TPSA) is 50.7 Å². The minimum atomic E-state index is -0.370. The van der Waals surface area contributed by atoms with Crippen LogP contribution in [0.15, 0.2) is 12.1 Å². The molecule has 0 saturated heterocycles. The largest absolute Gasteiger partial charge is 0.493 e. The van der Waals surface area contributed by atoms with E-state index in [-0.39, 0.29) is 18.5 Å². The molecule has 1 aromatic carbocycles. The molecule has 0 saturated carbocycles. The van der Waals surface area contributed by atoms with Gasteiger partial charge in [0, 0.05) is 13.1 Å². The highest BCUT2D eigenvalue weighted by atomic mass is 35.5. The predicted molar refractivity (Wildman–Crippen MR) is 75.2 cm³/mol. The van der Waals surface area contributed by atoms with Crippen molar-refractivity contribution in [2.24, 2.45) is 0 Å². The molecule has 4 nitrogen and oxygen atoms in total. The van der Waals surface area contributed by atoms with Crippen molar-refractivity contribution >= 4 is 24.0 Å². The summed E-state index contributed by atoms with van der Waals surface area (Å²) < 4.78 is 10.3. The number of hydrogen-bond acceptors (Lipinski definition) is 4. The Morgan fingerprint density at radius 1 is 1.33 bits per heavy atom. The van der Waals surface area contributed by atoms with Crippen LogP contribution in [0.3, 0.4) is 0 Å². The van der Waals surface area contributed by atoms with Crippen molar-refractivity contribution < 1.29 is 14.6 Å². The quantitative estimate of drug-likeness (QED) is 0.845. The molecule has 18 heavy (non-hydrogen) atoms. The average molecular weight is 296 g/mol. The van der Waals surface area contributed by atoms with Crippen LogP contribution in [0.1, 0.15) is 12.5 Å². The molecular formula is C12H19Cl2NO3. The second-order valence-electron chi connectivity index (χ2n) is 3.79. The van der Waals surface area contributed by atoms with Gasteiger partial charge < -0.3 is 19.9 Å². The van der Waals surface area contributed by atoms with E-state index in [4.69, 9.17) is 26.2 Å². The Hall–Kier alpha value is -0.680. The second-order valence-corrected chi connectivity index (χ2v) is 4.20. The summed E-state index contributed by atoms with van der Waals surface area (Å²) >= 11 is 6.07. The third-order valence-electron chi connectivity index (χ3n) is 2.26. The number of nitrogens with one attached hydrogen (secondary N) is 1. The van der Waals surface area contributed by atoms with Crippen molar-refractivity contribution in [2.75, 3.05) is 20.8 Å². The molecule has 0 aliphatic heterocycles. The first-order chi connectivity index (χ1) is 8.08. The van der Waals surface area contributed by atoms with E-state index in [1.54, 1.807) is 21.1 Å². The monoisotopic (exact) mass is 295 g/mol. The molecule has 0 aliphatic rings. The Kier molecular flexibility index (Phi) is 8.11. The van der Waals surface area contributed by atoms with Gasteiger partial charge in [0.05, 0.1) is 25.3 Å². The lowest BCUT2D eigenvalue weighted by Gasteiger charge is -2.12. The van der Waals surface area contributed by atoms with Crippen LogP contribution < -0.4 is 14.8 Å². The maximum Gasteiger partial charge on any atom is 0.179 e. The van der Waals surface area contributed by atoms with Crippen molar-refractivity contribution in [3.05, 3.63) is 22.7 Å². The Labute approximate surface area is 119 Å². The van der Waals surface area contributed by atoms with Gasteiger partial charge in [0.25, 0.3) is 0 Å². The fourth-order valence-corrected chi connectivity index (χ4v) is 1.81. The van der Waals surface area contributed by atoms with Gasteiger partial charge in [0.15, 0.2) is 11.5 Å². The summed E-state index contributed by atoms with van der Waals surface area (Å²) in [5.41, 5.74) is 0.980. The van der Waals surface area contributed by atoms with Gasteiger partial charge in [-0.2, -0.15) is 0 Å². The first-order valence-electron chi connectivity index (χ1n) is 5.37. The molecule has 0 aromatic heterocycles. The number of benzene rings is 1. The summed E-state index contributed by atoms with van der Waals surface area (Å²) in [5, 5.41) is 12.8. The smallest absolute Gasteiger partial charge is 0.179 e. The van der Waals surface area contributed by atoms with Crippen LogP contribution in [-0.2, 0) is 6.54 Å². The minimum absolute atomic E-state index is 0. The highest BCUT2D eigenvalue weighted by molar-refractivity contribution is 6.32. The van der Waals surface area contributed by atoms with Gasteiger partial charge in [-0.05, 0) is 24.6 Å². The van der Waals surface area contributed by atoms with E-state index < -0.39 is 0 Å². The molecule has 1 unspecified atom stereocenters. The van der Waals surface area contributed by atoms with E-state index in [0.717, 1.165) is 5.56 Å². The normalized spacial score (nSPS) is 11.6. The van der Waals surface area contributed by atoms with E-state index >= 15 is 0 Å². The molecule has 0 radical (unpaired) electrons. The second kappa shape index (κ2) is 8.43. The summed E-state index contributed by atoms with van der Waals surface area (Å²) in [6.07, 6.45) is -0.370. The lowest BCUT2D eigenvalue weighted by atomic mass is 10.2. The van der Waals surface area contributed by atoms with E-state index in [1.165, 1.54) is 0 Å². The van der Waals surface area contributed by atoms with E-state index in [1.807, 2.05) is 12.1 Å². The number of hydrogen-bond donors (Lipinski definition) is 2. The number of ether oxygens (including phenoxy) is 2. The zero-order chi connectivity index (χ0) is 12.8. The molecule has 6 heteroatoms. The molecule has 2 N–H and O–H groups in total. The zero-order valence-corrected chi connectivity index (χ0v) is 12.3. The van der Waals surface area contributed by atoms with Crippen molar-refractivity contribution in [3.63, 3.8) is 0 Å². The number of aliphatic hydroxyl groups excluding tert-OH is 1. The molecule has 0 aliphatic carbocycles. The first-order valence-corrected chi connectivity index (χ1v) is 5.75. The highest BCUT2D eigenvalue weighted by Crippen LogP contribution is 2.35. The van der Waals surface area contributed by atoms with Gasteiger partial charge in [0.2, 0.25) is 0 Å². The third kappa shape index (κ3) is 4.90. The fraction of sp³-hybridized carbons (Fsp3) is 0.500. The summed E-state index contributed by atoms with van der Waals surface area (Å²) in [4.78, 5) is 0. The predicted octanol–water partition coefficient (Wildman–Crippen LogP) is 2.25. The fourth-order valence-electron chi connectivity index (χ4n) is 1.50. The van der Waals surface area contributed by atoms with Crippen molar-refractivity contribution in [3.8, 4) is 11.5 Å². The maximum atomic E-state index is 9.13. The molecule has 0 heterocycles. The van der Waals surface area contributed by atoms with E-state index in [0.29, 0.717) is 29.6 Å². The van der Waals surface area contributed by atoms with E-state index in [9.17, 15) is 0 Å². The van der Waals surface area contributed by atoms with Crippen LogP contribution >= 0.6 is 24.0 Å². The number of methoxy groups -OCH3 is 2. The Morgan fingerprint density at radius 3 is 2.50 bits per heavy atom. The molecule has 1 aromatic rings. The Bertz CT molecular complexity index is 373. The zero-order valence-electron chi connectivity index (χ0n) is 10.7. The Balaban J connectivity index is 0.00000289. The first kappa shape index (κ1) is 17.3. The molecule has 1 rings (SSSR count). The number of rotatable bonds is 6. The summed E-state index contributed by atoms with van der Waals surface area (Å²) in [5.74, 6) is 1.14. The van der Waals surface area contributed by atoms with E-state index in [2.05, 4.69) is 5.32 Å². The van der Waals surface area contributed by atoms with Crippen molar-refractivity contribution in [1.82, 2.24) is 5.32 Å². The average Bonchev–Trinajstić information content (AvgIpc) is 2.27. The van der Waals surface area contributed by atoms with Gasteiger partial charge in [-0.3, -0.25) is 0 Å². The van der Waals surface area contributed by atoms with Gasteiger partial charge in [0.1, 0.15) is 0 Å². The van der Waals surface area contributed by atoms with Crippen LogP contribution in [-0.4, -0.2) is 32.0 Å². The molecule has 0 bridgehead atoms. The summed E-state index contributed by atoms with van der Waals surface area (Å²) in [6, 6.07) is 3.68. The SMILES string of the molecule is COc1cc(CNCC(C)O)cc(Cl)c1OC.Cl. The van der Waals surface area contributed by atoms with Crippen LogP contribution in [0, 0.1) is 0 Å². The van der Waals surface area contributed by atoms with Gasteiger partial charge in [-0.15, -0.1) is 12.4 Å². The molecule has 1 atom stereocenters. The molecule has 0 amide bonds. The third-order valence-corrected chi connectivity index (χ3v) is 2.54. The lowest BCUT2D eigenvalue weighted by Crippen LogP contribution is -2.23. The van der Waals surface area contributed by atoms with Crippen LogP contribution in [0.25, 0.3) is 0 Å². The minimum Gasteiger partial charge on any atom is -0.493 e. The van der Waals surface area contributed by atoms with Gasteiger partial charge >= 0.3 is 0 Å². The highest BCUT2D eigenvalue weighted by Gasteiger charge is 2.10.